The number of nitrogens with one attached hydrogen (secondary N) is 2. The summed E-state index contributed by atoms with van der Waals surface area (Å²) >= 11 is 0. The number of pyridine rings is 1. The third-order valence-corrected chi connectivity index (χ3v) is 4.52. The number of amides is 2. The summed E-state index contributed by atoms with van der Waals surface area (Å²) in [5.41, 5.74) is 3.88. The van der Waals surface area contributed by atoms with Crippen LogP contribution in [0.2, 0.25) is 0 Å². The summed E-state index contributed by atoms with van der Waals surface area (Å²) in [6.45, 7) is 2.98. The molecule has 0 atom stereocenters. The lowest BCUT2D eigenvalue weighted by atomic mass is 10.1. The van der Waals surface area contributed by atoms with E-state index in [2.05, 4.69) is 27.8 Å². The molecule has 0 unspecified atom stereocenters. The number of carbonyl (C=O) groups is 2. The van der Waals surface area contributed by atoms with Crippen LogP contribution in [-0.2, 0) is 13.0 Å². The molecule has 0 aliphatic carbocycles. The minimum Gasteiger partial charge on any atom is -0.351 e. The first-order valence-corrected chi connectivity index (χ1v) is 9.75. The Kier molecular flexibility index (Phi) is 7.11. The van der Waals surface area contributed by atoms with Crippen molar-refractivity contribution < 1.29 is 9.59 Å². The maximum atomic E-state index is 12.4. The Bertz CT molecular complexity index is 971. The van der Waals surface area contributed by atoms with Gasteiger partial charge in [-0.05, 0) is 43.0 Å². The lowest BCUT2D eigenvalue weighted by Crippen LogP contribution is -2.28. The standard InChI is InChI=1S/C24H25N3O2/c1-18-8-5-11-20(16-18)17-26-24(29)22-14-6-13-21(27-22)23(28)25-15-7-12-19-9-3-2-4-10-19/h2-6,8-11,13-14,16H,7,12,15,17H2,1H3,(H,25,28)(H,26,29). The van der Waals surface area contributed by atoms with E-state index in [9.17, 15) is 9.59 Å². The minimum absolute atomic E-state index is 0.231. The first-order chi connectivity index (χ1) is 14.1. The van der Waals surface area contributed by atoms with Crippen molar-refractivity contribution in [2.75, 3.05) is 6.54 Å². The van der Waals surface area contributed by atoms with Gasteiger partial charge in [0.25, 0.3) is 11.8 Å². The minimum atomic E-state index is -0.301. The van der Waals surface area contributed by atoms with Gasteiger partial charge in [0.15, 0.2) is 0 Å². The number of aryl methyl sites for hydroxylation is 2. The molecule has 2 amide bonds. The Morgan fingerprint density at radius 2 is 1.45 bits per heavy atom. The third-order valence-electron chi connectivity index (χ3n) is 4.52. The average Bonchev–Trinajstić information content (AvgIpc) is 2.76. The monoisotopic (exact) mass is 387 g/mol. The second kappa shape index (κ2) is 10.2. The zero-order valence-electron chi connectivity index (χ0n) is 16.5. The highest BCUT2D eigenvalue weighted by Gasteiger charge is 2.12. The Hall–Kier alpha value is -3.47. The summed E-state index contributed by atoms with van der Waals surface area (Å²) in [6.07, 6.45) is 1.74. The molecule has 2 N–H and O–H groups in total. The molecular weight excluding hydrogens is 362 g/mol. The van der Waals surface area contributed by atoms with Crippen molar-refractivity contribution in [3.63, 3.8) is 0 Å². The molecule has 3 rings (SSSR count). The van der Waals surface area contributed by atoms with Crippen molar-refractivity contribution in [3.8, 4) is 0 Å². The van der Waals surface area contributed by atoms with Crippen LogP contribution in [0, 0.1) is 6.92 Å². The summed E-state index contributed by atoms with van der Waals surface area (Å²) in [7, 11) is 0. The van der Waals surface area contributed by atoms with Gasteiger partial charge in [-0.25, -0.2) is 4.98 Å². The molecule has 0 aliphatic rings. The van der Waals surface area contributed by atoms with E-state index in [4.69, 9.17) is 0 Å². The number of hydrogen-bond donors (Lipinski definition) is 2. The van der Waals surface area contributed by atoms with Crippen LogP contribution in [-0.4, -0.2) is 23.3 Å². The molecular formula is C24H25N3O2. The summed E-state index contributed by atoms with van der Waals surface area (Å²) in [6, 6.07) is 23.0. The van der Waals surface area contributed by atoms with Gasteiger partial charge in [0.1, 0.15) is 11.4 Å². The van der Waals surface area contributed by atoms with E-state index in [-0.39, 0.29) is 23.2 Å². The molecule has 0 saturated heterocycles. The molecule has 5 nitrogen and oxygen atoms in total. The molecule has 5 heteroatoms. The van der Waals surface area contributed by atoms with Crippen LogP contribution in [0.25, 0.3) is 0 Å². The van der Waals surface area contributed by atoms with E-state index in [0.717, 1.165) is 24.0 Å². The fourth-order valence-corrected chi connectivity index (χ4v) is 3.01. The highest BCUT2D eigenvalue weighted by atomic mass is 16.2. The molecule has 1 heterocycles. The van der Waals surface area contributed by atoms with Crippen molar-refractivity contribution in [3.05, 3.63) is 101 Å². The third kappa shape index (κ3) is 6.28. The summed E-state index contributed by atoms with van der Waals surface area (Å²) < 4.78 is 0. The van der Waals surface area contributed by atoms with Gasteiger partial charge in [0, 0.05) is 13.1 Å². The summed E-state index contributed by atoms with van der Waals surface area (Å²) in [4.78, 5) is 28.9. The highest BCUT2D eigenvalue weighted by molar-refractivity contribution is 5.96. The van der Waals surface area contributed by atoms with Crippen LogP contribution in [0.15, 0.2) is 72.8 Å². The topological polar surface area (TPSA) is 71.1 Å². The lowest BCUT2D eigenvalue weighted by molar-refractivity contribution is 0.0942. The summed E-state index contributed by atoms with van der Waals surface area (Å²) in [5, 5.41) is 5.71. The predicted octanol–water partition coefficient (Wildman–Crippen LogP) is 3.68. The van der Waals surface area contributed by atoms with Crippen molar-refractivity contribution in [1.29, 1.82) is 0 Å². The molecule has 0 bridgehead atoms. The van der Waals surface area contributed by atoms with Crippen LogP contribution in [0.1, 0.15) is 44.1 Å². The van der Waals surface area contributed by atoms with Gasteiger partial charge in [-0.15, -0.1) is 0 Å². The molecule has 1 aromatic heterocycles. The van der Waals surface area contributed by atoms with Crippen molar-refractivity contribution in [1.82, 2.24) is 15.6 Å². The van der Waals surface area contributed by atoms with Gasteiger partial charge < -0.3 is 10.6 Å². The predicted molar refractivity (Wildman–Crippen MR) is 114 cm³/mol. The van der Waals surface area contributed by atoms with Gasteiger partial charge in [0.05, 0.1) is 0 Å². The number of hydrogen-bond acceptors (Lipinski definition) is 3. The maximum Gasteiger partial charge on any atom is 0.270 e. The van der Waals surface area contributed by atoms with Crippen LogP contribution in [0.3, 0.4) is 0 Å². The van der Waals surface area contributed by atoms with E-state index in [1.165, 1.54) is 5.56 Å². The maximum absolute atomic E-state index is 12.4. The quantitative estimate of drug-likeness (QED) is 0.579. The Labute approximate surface area is 171 Å². The number of nitrogens with zero attached hydrogens (tertiary/aromatic N) is 1. The van der Waals surface area contributed by atoms with Crippen LogP contribution < -0.4 is 10.6 Å². The second-order valence-corrected chi connectivity index (χ2v) is 6.92. The smallest absolute Gasteiger partial charge is 0.270 e. The molecule has 0 aliphatic heterocycles. The molecule has 0 saturated carbocycles. The lowest BCUT2D eigenvalue weighted by Gasteiger charge is -2.08. The SMILES string of the molecule is Cc1cccc(CNC(=O)c2cccc(C(=O)NCCCc3ccccc3)n2)c1. The number of carbonyl (C=O) groups excluding carboxylic acids is 2. The van der Waals surface area contributed by atoms with Gasteiger partial charge in [-0.2, -0.15) is 0 Å². The molecule has 148 valence electrons. The highest BCUT2D eigenvalue weighted by Crippen LogP contribution is 2.05. The molecule has 0 radical (unpaired) electrons. The largest absolute Gasteiger partial charge is 0.351 e. The molecule has 2 aromatic carbocycles. The van der Waals surface area contributed by atoms with Crippen LogP contribution in [0.5, 0.6) is 0 Å². The van der Waals surface area contributed by atoms with Crippen LogP contribution in [0.4, 0.5) is 0 Å². The number of benzene rings is 2. The first-order valence-electron chi connectivity index (χ1n) is 9.75. The van der Waals surface area contributed by atoms with Gasteiger partial charge in [-0.3, -0.25) is 9.59 Å². The second-order valence-electron chi connectivity index (χ2n) is 6.92. The van der Waals surface area contributed by atoms with Crippen molar-refractivity contribution >= 4 is 11.8 Å². The average molecular weight is 387 g/mol. The normalized spacial score (nSPS) is 10.4. The zero-order valence-corrected chi connectivity index (χ0v) is 16.5. The fraction of sp³-hybridized carbons (Fsp3) is 0.208. The van der Waals surface area contributed by atoms with E-state index in [1.54, 1.807) is 18.2 Å². The molecule has 3 aromatic rings. The molecule has 29 heavy (non-hydrogen) atoms. The van der Waals surface area contributed by atoms with Crippen molar-refractivity contribution in [2.24, 2.45) is 0 Å². The van der Waals surface area contributed by atoms with E-state index >= 15 is 0 Å². The molecule has 0 spiro atoms. The zero-order chi connectivity index (χ0) is 20.5. The van der Waals surface area contributed by atoms with Gasteiger partial charge in [0.2, 0.25) is 0 Å². The van der Waals surface area contributed by atoms with E-state index in [1.807, 2.05) is 49.4 Å². The van der Waals surface area contributed by atoms with Gasteiger partial charge in [-0.1, -0.05) is 66.2 Å². The van der Waals surface area contributed by atoms with Crippen LogP contribution >= 0.6 is 0 Å². The van der Waals surface area contributed by atoms with E-state index in [0.29, 0.717) is 13.1 Å². The first kappa shape index (κ1) is 20.3. The fourth-order valence-electron chi connectivity index (χ4n) is 3.01. The number of aromatic nitrogens is 1. The van der Waals surface area contributed by atoms with E-state index < -0.39 is 0 Å². The number of rotatable bonds is 8. The Balaban J connectivity index is 1.50. The van der Waals surface area contributed by atoms with Crippen molar-refractivity contribution in [2.45, 2.75) is 26.3 Å². The Morgan fingerprint density at radius 1 is 0.793 bits per heavy atom. The van der Waals surface area contributed by atoms with Gasteiger partial charge >= 0.3 is 0 Å². The Morgan fingerprint density at radius 3 is 2.17 bits per heavy atom. The molecule has 0 fully saturated rings. The summed E-state index contributed by atoms with van der Waals surface area (Å²) in [5.74, 6) is -0.573.